The number of aliphatic hydroxyl groups is 1. The van der Waals surface area contributed by atoms with Gasteiger partial charge in [0, 0.05) is 6.54 Å². The van der Waals surface area contributed by atoms with Crippen LogP contribution < -0.4 is 0 Å². The van der Waals surface area contributed by atoms with Gasteiger partial charge in [-0.15, -0.1) is 0 Å². The summed E-state index contributed by atoms with van der Waals surface area (Å²) in [6.07, 6.45) is 1.69. The Labute approximate surface area is 167 Å². The molecule has 1 atom stereocenters. The van der Waals surface area contributed by atoms with Gasteiger partial charge in [-0.2, -0.15) is 0 Å². The lowest BCUT2D eigenvalue weighted by Gasteiger charge is -2.25. The van der Waals surface area contributed by atoms with Crippen LogP contribution in [0, 0.1) is 0 Å². The van der Waals surface area contributed by atoms with E-state index in [0.717, 1.165) is 18.4 Å². The molecular weight excluding hydrogens is 389 g/mol. The number of ether oxygens (including phenoxy) is 1. The summed E-state index contributed by atoms with van der Waals surface area (Å²) in [6, 6.07) is 11.7. The highest BCUT2D eigenvalue weighted by atomic mass is 35.5. The van der Waals surface area contributed by atoms with E-state index in [4.69, 9.17) is 33.0 Å². The van der Waals surface area contributed by atoms with Crippen LogP contribution in [0.1, 0.15) is 40.4 Å². The van der Waals surface area contributed by atoms with Gasteiger partial charge in [0.25, 0.3) is 5.91 Å². The van der Waals surface area contributed by atoms with Crippen molar-refractivity contribution in [2.75, 3.05) is 13.2 Å². The maximum atomic E-state index is 12.6. The minimum Gasteiger partial charge on any atom is -0.452 e. The van der Waals surface area contributed by atoms with Crippen LogP contribution in [0.5, 0.6) is 0 Å². The topological polar surface area (TPSA) is 66.8 Å². The number of halogens is 2. The van der Waals surface area contributed by atoms with Crippen molar-refractivity contribution in [3.8, 4) is 0 Å². The summed E-state index contributed by atoms with van der Waals surface area (Å²) in [4.78, 5) is 26.4. The summed E-state index contributed by atoms with van der Waals surface area (Å²) in [7, 11) is 0. The first-order valence-corrected chi connectivity index (χ1v) is 9.36. The molecule has 0 bridgehead atoms. The molecule has 1 N–H and O–H groups in total. The number of hydrogen-bond acceptors (Lipinski definition) is 4. The molecule has 0 aliphatic carbocycles. The van der Waals surface area contributed by atoms with E-state index in [1.165, 1.54) is 0 Å². The molecule has 1 amide bonds. The van der Waals surface area contributed by atoms with E-state index >= 15 is 0 Å². The van der Waals surface area contributed by atoms with Crippen molar-refractivity contribution >= 4 is 35.1 Å². The normalized spacial score (nSPS) is 16.4. The molecule has 0 radical (unpaired) electrons. The number of esters is 1. The Morgan fingerprint density at radius 2 is 1.85 bits per heavy atom. The first kappa shape index (κ1) is 19.7. The Hall–Kier alpha value is -2.08. The molecule has 1 aliphatic heterocycles. The predicted molar refractivity (Wildman–Crippen MR) is 103 cm³/mol. The molecule has 3 rings (SSSR count). The largest absolute Gasteiger partial charge is 0.452 e. The zero-order chi connectivity index (χ0) is 19.4. The van der Waals surface area contributed by atoms with Gasteiger partial charge < -0.3 is 14.7 Å². The summed E-state index contributed by atoms with van der Waals surface area (Å²) in [5.41, 5.74) is 1.95. The van der Waals surface area contributed by atoms with Gasteiger partial charge in [-0.3, -0.25) is 4.79 Å². The van der Waals surface area contributed by atoms with E-state index in [1.807, 2.05) is 6.07 Å². The van der Waals surface area contributed by atoms with Crippen LogP contribution in [0.3, 0.4) is 0 Å². The van der Waals surface area contributed by atoms with Crippen molar-refractivity contribution in [3.63, 3.8) is 0 Å². The molecule has 1 unspecified atom stereocenters. The highest BCUT2D eigenvalue weighted by molar-refractivity contribution is 6.42. The van der Waals surface area contributed by atoms with Crippen LogP contribution in [0.4, 0.5) is 0 Å². The number of aliphatic hydroxyl groups excluding tert-OH is 1. The molecule has 2 aromatic rings. The van der Waals surface area contributed by atoms with Gasteiger partial charge in [0.1, 0.15) is 0 Å². The average Bonchev–Trinajstić information content (AvgIpc) is 3.18. The minimum absolute atomic E-state index is 0.0983. The molecule has 1 heterocycles. The van der Waals surface area contributed by atoms with E-state index in [9.17, 15) is 9.59 Å². The van der Waals surface area contributed by atoms with E-state index in [1.54, 1.807) is 41.3 Å². The fourth-order valence-electron chi connectivity index (χ4n) is 3.17. The SMILES string of the molecule is O=C(OCC(=O)N1CCCC1c1ccc(Cl)c(Cl)c1)c1ccc(CO)cc1. The van der Waals surface area contributed by atoms with Gasteiger partial charge in [-0.05, 0) is 48.2 Å². The van der Waals surface area contributed by atoms with Crippen molar-refractivity contribution in [3.05, 3.63) is 69.2 Å². The smallest absolute Gasteiger partial charge is 0.338 e. The first-order chi connectivity index (χ1) is 13.0. The fourth-order valence-corrected chi connectivity index (χ4v) is 3.48. The third kappa shape index (κ3) is 4.61. The van der Waals surface area contributed by atoms with E-state index in [2.05, 4.69) is 0 Å². The second-order valence-electron chi connectivity index (χ2n) is 6.35. The Kier molecular flexibility index (Phi) is 6.37. The van der Waals surface area contributed by atoms with Gasteiger partial charge >= 0.3 is 5.97 Å². The lowest BCUT2D eigenvalue weighted by atomic mass is 10.0. The molecular formula is C20H19Cl2NO4. The van der Waals surface area contributed by atoms with Crippen LogP contribution in [-0.4, -0.2) is 35.0 Å². The second kappa shape index (κ2) is 8.74. The third-order valence-corrected chi connectivity index (χ3v) is 5.34. The standard InChI is InChI=1S/C20H19Cl2NO4/c21-16-8-7-15(10-17(16)22)18-2-1-9-23(18)19(25)12-27-20(26)14-5-3-13(11-24)4-6-14/h3-8,10,18,24H,1-2,9,11-12H2. The lowest BCUT2D eigenvalue weighted by molar-refractivity contribution is -0.135. The zero-order valence-corrected chi connectivity index (χ0v) is 16.0. The molecule has 27 heavy (non-hydrogen) atoms. The van der Waals surface area contributed by atoms with Crippen LogP contribution in [0.2, 0.25) is 10.0 Å². The van der Waals surface area contributed by atoms with Crippen molar-refractivity contribution in [1.29, 1.82) is 0 Å². The van der Waals surface area contributed by atoms with E-state index in [-0.39, 0.29) is 25.2 Å². The predicted octanol–water partition coefficient (Wildman–Crippen LogP) is 4.01. The molecule has 0 aromatic heterocycles. The number of rotatable bonds is 5. The monoisotopic (exact) mass is 407 g/mol. The Morgan fingerprint density at radius 1 is 1.11 bits per heavy atom. The minimum atomic E-state index is -0.571. The van der Waals surface area contributed by atoms with E-state index in [0.29, 0.717) is 27.7 Å². The summed E-state index contributed by atoms with van der Waals surface area (Å²) < 4.78 is 5.16. The maximum absolute atomic E-state index is 12.6. The number of amides is 1. The summed E-state index contributed by atoms with van der Waals surface area (Å²) in [5.74, 6) is -0.818. The Bertz CT molecular complexity index is 838. The summed E-state index contributed by atoms with van der Waals surface area (Å²) in [6.45, 7) is 0.184. The van der Waals surface area contributed by atoms with Crippen LogP contribution in [0.25, 0.3) is 0 Å². The molecule has 5 nitrogen and oxygen atoms in total. The Morgan fingerprint density at radius 3 is 2.52 bits per heavy atom. The number of hydrogen-bond donors (Lipinski definition) is 1. The van der Waals surface area contributed by atoms with Gasteiger partial charge in [-0.1, -0.05) is 41.4 Å². The van der Waals surface area contributed by atoms with Crippen molar-refractivity contribution < 1.29 is 19.4 Å². The number of carbonyl (C=O) groups excluding carboxylic acids is 2. The molecule has 142 valence electrons. The fraction of sp³-hybridized carbons (Fsp3) is 0.300. The molecule has 0 spiro atoms. The Balaban J connectivity index is 1.62. The van der Waals surface area contributed by atoms with Crippen molar-refractivity contribution in [1.82, 2.24) is 4.90 Å². The maximum Gasteiger partial charge on any atom is 0.338 e. The third-order valence-electron chi connectivity index (χ3n) is 4.60. The molecule has 2 aromatic carbocycles. The van der Waals surface area contributed by atoms with Gasteiger partial charge in [0.05, 0.1) is 28.3 Å². The number of likely N-dealkylation sites (tertiary alicyclic amines) is 1. The highest BCUT2D eigenvalue weighted by Crippen LogP contribution is 2.35. The zero-order valence-electron chi connectivity index (χ0n) is 14.5. The van der Waals surface area contributed by atoms with Gasteiger partial charge in [0.15, 0.2) is 6.61 Å². The van der Waals surface area contributed by atoms with Gasteiger partial charge in [-0.25, -0.2) is 4.79 Å². The average molecular weight is 408 g/mol. The number of benzene rings is 2. The van der Waals surface area contributed by atoms with E-state index < -0.39 is 5.97 Å². The van der Waals surface area contributed by atoms with Gasteiger partial charge in [0.2, 0.25) is 0 Å². The quantitative estimate of drug-likeness (QED) is 0.760. The van der Waals surface area contributed by atoms with Crippen LogP contribution in [0.15, 0.2) is 42.5 Å². The summed E-state index contributed by atoms with van der Waals surface area (Å²) in [5, 5.41) is 9.95. The second-order valence-corrected chi connectivity index (χ2v) is 7.16. The van der Waals surface area contributed by atoms with Crippen LogP contribution >= 0.6 is 23.2 Å². The van der Waals surface area contributed by atoms with Crippen molar-refractivity contribution in [2.45, 2.75) is 25.5 Å². The highest BCUT2D eigenvalue weighted by Gasteiger charge is 2.30. The summed E-state index contributed by atoms with van der Waals surface area (Å²) >= 11 is 12.1. The molecule has 0 saturated carbocycles. The molecule has 1 fully saturated rings. The molecule has 1 saturated heterocycles. The molecule has 7 heteroatoms. The molecule has 1 aliphatic rings. The number of carbonyl (C=O) groups is 2. The van der Waals surface area contributed by atoms with Crippen molar-refractivity contribution in [2.24, 2.45) is 0 Å². The van der Waals surface area contributed by atoms with Crippen LogP contribution in [-0.2, 0) is 16.1 Å². The first-order valence-electron chi connectivity index (χ1n) is 8.61. The number of nitrogens with zero attached hydrogens (tertiary/aromatic N) is 1. The lowest BCUT2D eigenvalue weighted by Crippen LogP contribution is -2.34.